The minimum atomic E-state index is -0.262. The van der Waals surface area contributed by atoms with Crippen LogP contribution in [0.25, 0.3) is 11.3 Å². The Morgan fingerprint density at radius 1 is 1.57 bits per heavy atom. The summed E-state index contributed by atoms with van der Waals surface area (Å²) in [5, 5.41) is 6.62. The third-order valence-corrected chi connectivity index (χ3v) is 4.15. The van der Waals surface area contributed by atoms with Crippen molar-refractivity contribution < 1.29 is 9.32 Å². The molecule has 3 rings (SSSR count). The second-order valence-electron chi connectivity index (χ2n) is 4.68. The fourth-order valence-electron chi connectivity index (χ4n) is 2.02. The zero-order valence-electron chi connectivity index (χ0n) is 11.0. The van der Waals surface area contributed by atoms with Gasteiger partial charge in [0.05, 0.1) is 6.04 Å². The van der Waals surface area contributed by atoms with E-state index in [2.05, 4.69) is 42.2 Å². The fourth-order valence-corrected chi connectivity index (χ4v) is 2.50. The fraction of sp³-hybridized carbons (Fsp3) is 0.308. The lowest BCUT2D eigenvalue weighted by molar-refractivity contribution is 0.0941. The van der Waals surface area contributed by atoms with Crippen LogP contribution in [0.3, 0.4) is 0 Å². The molecule has 1 aliphatic heterocycles. The van der Waals surface area contributed by atoms with Crippen LogP contribution in [0.2, 0.25) is 0 Å². The van der Waals surface area contributed by atoms with Crippen molar-refractivity contribution >= 4 is 21.8 Å². The van der Waals surface area contributed by atoms with Crippen LogP contribution in [0.1, 0.15) is 10.5 Å². The van der Waals surface area contributed by atoms with Gasteiger partial charge in [-0.25, -0.2) is 0 Å². The Kier molecular flexibility index (Phi) is 4.28. The summed E-state index contributed by atoms with van der Waals surface area (Å²) in [6.07, 6.45) is 3.33. The summed E-state index contributed by atoms with van der Waals surface area (Å²) in [5.74, 6) is 0.259. The highest BCUT2D eigenvalue weighted by atomic mass is 79.9. The van der Waals surface area contributed by atoms with Gasteiger partial charge in [-0.3, -0.25) is 20.6 Å². The molecule has 2 aromatic heterocycles. The van der Waals surface area contributed by atoms with Crippen molar-refractivity contribution in [1.82, 2.24) is 26.3 Å². The normalized spacial score (nSPS) is 21.4. The van der Waals surface area contributed by atoms with Crippen LogP contribution in [0.4, 0.5) is 0 Å². The summed E-state index contributed by atoms with van der Waals surface area (Å²) in [7, 11) is 0. The number of carbonyl (C=O) groups is 1. The SMILES string of the molecule is O=C(NCC1NNCC1Br)c1cc(-c2cccnc2)on1. The predicted octanol–water partition coefficient (Wildman–Crippen LogP) is 0.706. The molecule has 1 fully saturated rings. The molecule has 1 saturated heterocycles. The summed E-state index contributed by atoms with van der Waals surface area (Å²) in [6, 6.07) is 5.39. The van der Waals surface area contributed by atoms with Crippen LogP contribution >= 0.6 is 15.9 Å². The highest BCUT2D eigenvalue weighted by Gasteiger charge is 2.25. The van der Waals surface area contributed by atoms with E-state index in [4.69, 9.17) is 4.52 Å². The van der Waals surface area contributed by atoms with Crippen LogP contribution in [0.5, 0.6) is 0 Å². The Labute approximate surface area is 129 Å². The number of rotatable bonds is 4. The molecule has 0 spiro atoms. The lowest BCUT2D eigenvalue weighted by atomic mass is 10.2. The maximum absolute atomic E-state index is 12.0. The van der Waals surface area contributed by atoms with E-state index >= 15 is 0 Å². The molecule has 1 aliphatic rings. The van der Waals surface area contributed by atoms with Crippen LogP contribution in [0, 0.1) is 0 Å². The number of nitrogens with zero attached hydrogens (tertiary/aromatic N) is 2. The first-order valence-corrected chi connectivity index (χ1v) is 7.43. The van der Waals surface area contributed by atoms with E-state index in [0.29, 0.717) is 12.3 Å². The molecule has 0 radical (unpaired) electrons. The maximum atomic E-state index is 12.0. The van der Waals surface area contributed by atoms with Crippen LogP contribution in [-0.2, 0) is 0 Å². The number of alkyl halides is 1. The highest BCUT2D eigenvalue weighted by molar-refractivity contribution is 9.09. The topological polar surface area (TPSA) is 92.1 Å². The van der Waals surface area contributed by atoms with Crippen LogP contribution in [-0.4, -0.2) is 40.0 Å². The van der Waals surface area contributed by atoms with Gasteiger partial charge in [0, 0.05) is 41.9 Å². The maximum Gasteiger partial charge on any atom is 0.273 e. The molecule has 3 heterocycles. The number of hydrazine groups is 1. The summed E-state index contributed by atoms with van der Waals surface area (Å²) in [6.45, 7) is 1.31. The summed E-state index contributed by atoms with van der Waals surface area (Å²) >= 11 is 3.53. The monoisotopic (exact) mass is 351 g/mol. The van der Waals surface area contributed by atoms with Gasteiger partial charge < -0.3 is 9.84 Å². The van der Waals surface area contributed by atoms with Crippen molar-refractivity contribution in [1.29, 1.82) is 0 Å². The number of amides is 1. The van der Waals surface area contributed by atoms with Gasteiger partial charge >= 0.3 is 0 Å². The van der Waals surface area contributed by atoms with Crippen molar-refractivity contribution in [3.8, 4) is 11.3 Å². The third-order valence-electron chi connectivity index (χ3n) is 3.19. The zero-order chi connectivity index (χ0) is 14.7. The molecule has 1 amide bonds. The van der Waals surface area contributed by atoms with Crippen LogP contribution in [0.15, 0.2) is 35.1 Å². The second kappa shape index (κ2) is 6.33. The standard InChI is InChI=1S/C13H14BrN5O2/c14-9-6-17-18-11(9)7-16-13(20)10-4-12(21-19-10)8-2-1-3-15-5-8/h1-5,9,11,17-18H,6-7H2,(H,16,20). The lowest BCUT2D eigenvalue weighted by Crippen LogP contribution is -2.42. The van der Waals surface area contributed by atoms with Crippen LogP contribution < -0.4 is 16.2 Å². The molecular weight excluding hydrogens is 338 g/mol. The summed E-state index contributed by atoms with van der Waals surface area (Å²) in [4.78, 5) is 16.3. The highest BCUT2D eigenvalue weighted by Crippen LogP contribution is 2.18. The first-order valence-electron chi connectivity index (χ1n) is 6.52. The molecule has 110 valence electrons. The molecule has 2 atom stereocenters. The average molecular weight is 352 g/mol. The van der Waals surface area contributed by atoms with E-state index in [1.54, 1.807) is 24.5 Å². The van der Waals surface area contributed by atoms with Crippen molar-refractivity contribution in [2.24, 2.45) is 0 Å². The Balaban J connectivity index is 1.62. The first-order chi connectivity index (χ1) is 10.2. The molecule has 0 saturated carbocycles. The number of hydrogen-bond donors (Lipinski definition) is 3. The van der Waals surface area contributed by atoms with E-state index in [1.807, 2.05) is 6.07 Å². The quantitative estimate of drug-likeness (QED) is 0.702. The van der Waals surface area contributed by atoms with Gasteiger partial charge in [-0.2, -0.15) is 0 Å². The van der Waals surface area contributed by atoms with Gasteiger partial charge in [-0.05, 0) is 12.1 Å². The molecule has 0 aliphatic carbocycles. The molecule has 8 heteroatoms. The molecule has 2 unspecified atom stereocenters. The number of aromatic nitrogens is 2. The second-order valence-corrected chi connectivity index (χ2v) is 5.85. The summed E-state index contributed by atoms with van der Waals surface area (Å²) < 4.78 is 5.18. The molecule has 0 aromatic carbocycles. The molecule has 21 heavy (non-hydrogen) atoms. The Bertz CT molecular complexity index is 618. The van der Waals surface area contributed by atoms with E-state index in [9.17, 15) is 4.79 Å². The van der Waals surface area contributed by atoms with Gasteiger partial charge in [0.2, 0.25) is 0 Å². The number of nitrogens with one attached hydrogen (secondary N) is 3. The van der Waals surface area contributed by atoms with Gasteiger partial charge in [-0.1, -0.05) is 21.1 Å². The predicted molar refractivity (Wildman–Crippen MR) is 79.7 cm³/mol. The Hall–Kier alpha value is -1.77. The molecule has 0 bridgehead atoms. The van der Waals surface area contributed by atoms with E-state index in [0.717, 1.165) is 12.1 Å². The van der Waals surface area contributed by atoms with Gasteiger partial charge in [0.15, 0.2) is 11.5 Å². The first kappa shape index (κ1) is 14.2. The Morgan fingerprint density at radius 2 is 2.48 bits per heavy atom. The third kappa shape index (κ3) is 3.29. The summed E-state index contributed by atoms with van der Waals surface area (Å²) in [5.41, 5.74) is 7.14. The smallest absolute Gasteiger partial charge is 0.273 e. The van der Waals surface area contributed by atoms with Crippen molar-refractivity contribution in [2.45, 2.75) is 10.9 Å². The molecular formula is C13H14BrN5O2. The Morgan fingerprint density at radius 3 is 3.19 bits per heavy atom. The number of halogens is 1. The lowest BCUT2D eigenvalue weighted by Gasteiger charge is -2.13. The molecule has 7 nitrogen and oxygen atoms in total. The molecule has 2 aromatic rings. The minimum Gasteiger partial charge on any atom is -0.355 e. The number of carbonyl (C=O) groups excluding carboxylic acids is 1. The average Bonchev–Trinajstić information content (AvgIpc) is 3.15. The minimum absolute atomic E-state index is 0.138. The van der Waals surface area contributed by atoms with Gasteiger partial charge in [-0.15, -0.1) is 0 Å². The van der Waals surface area contributed by atoms with E-state index < -0.39 is 0 Å². The van der Waals surface area contributed by atoms with Gasteiger partial charge in [0.25, 0.3) is 5.91 Å². The van der Waals surface area contributed by atoms with Crippen molar-refractivity contribution in [3.05, 3.63) is 36.3 Å². The van der Waals surface area contributed by atoms with Crippen molar-refractivity contribution in [3.63, 3.8) is 0 Å². The van der Waals surface area contributed by atoms with Gasteiger partial charge in [0.1, 0.15) is 0 Å². The zero-order valence-corrected chi connectivity index (χ0v) is 12.6. The van der Waals surface area contributed by atoms with E-state index in [1.165, 1.54) is 0 Å². The number of pyridine rings is 1. The largest absolute Gasteiger partial charge is 0.355 e. The number of hydrogen-bond acceptors (Lipinski definition) is 6. The van der Waals surface area contributed by atoms with Crippen molar-refractivity contribution in [2.75, 3.05) is 13.1 Å². The van der Waals surface area contributed by atoms with E-state index in [-0.39, 0.29) is 22.5 Å². The molecule has 3 N–H and O–H groups in total.